The molecule has 0 bridgehead atoms. The molecule has 1 N–H and O–H groups in total. The Kier molecular flexibility index (Phi) is 4.87. The normalized spacial score (nSPS) is 11.4. The number of aromatic carboxylic acids is 1. The van der Waals surface area contributed by atoms with Crippen LogP contribution in [-0.2, 0) is 17.5 Å². The Morgan fingerprint density at radius 2 is 1.75 bits per heavy atom. The summed E-state index contributed by atoms with van der Waals surface area (Å²) >= 11 is 0. The van der Waals surface area contributed by atoms with Gasteiger partial charge < -0.3 is 15.2 Å². The van der Waals surface area contributed by atoms with E-state index >= 15 is 0 Å². The van der Waals surface area contributed by atoms with Gasteiger partial charge in [0.05, 0.1) is 16.9 Å². The first-order valence-electron chi connectivity index (χ1n) is 7.85. The second kappa shape index (κ2) is 7.14. The quantitative estimate of drug-likeness (QED) is 0.726. The van der Waals surface area contributed by atoms with Crippen LogP contribution < -0.4 is 16.0 Å². The fourth-order valence-corrected chi connectivity index (χ4v) is 2.60. The van der Waals surface area contributed by atoms with Crippen LogP contribution in [0.3, 0.4) is 0 Å². The highest BCUT2D eigenvalue weighted by atomic mass is 19.4. The molecular formula is C18H11F3N3O4-. The van der Waals surface area contributed by atoms with Crippen LogP contribution in [-0.4, -0.2) is 21.7 Å². The van der Waals surface area contributed by atoms with Crippen LogP contribution in [0, 0.1) is 0 Å². The van der Waals surface area contributed by atoms with Crippen LogP contribution >= 0.6 is 0 Å². The number of amides is 1. The van der Waals surface area contributed by atoms with Gasteiger partial charge >= 0.3 is 6.18 Å². The third-order valence-electron chi connectivity index (χ3n) is 3.83. The average molecular weight is 390 g/mol. The lowest BCUT2D eigenvalue weighted by Gasteiger charge is -2.12. The van der Waals surface area contributed by atoms with Gasteiger partial charge in [-0.2, -0.15) is 18.3 Å². The number of carbonyl (C=O) groups is 2. The molecule has 2 aromatic carbocycles. The summed E-state index contributed by atoms with van der Waals surface area (Å²) in [5.41, 5.74) is -2.33. The Morgan fingerprint density at radius 1 is 1.07 bits per heavy atom. The van der Waals surface area contributed by atoms with Crippen molar-refractivity contribution in [1.82, 2.24) is 9.78 Å². The first kappa shape index (κ1) is 19.1. The standard InChI is InChI=1S/C18H12F3N3O4/c19-18(20,21)10-4-3-5-11(8-10)22-14(25)9-24-16(26)13-7-2-1-6-12(13)15(23-24)17(27)28/h1-8H,9H2,(H,22,25)(H,27,28)/p-1. The van der Waals surface area contributed by atoms with Gasteiger partial charge in [0.25, 0.3) is 5.56 Å². The minimum absolute atomic E-state index is 0.0172. The number of nitrogens with one attached hydrogen (secondary N) is 1. The van der Waals surface area contributed by atoms with E-state index in [0.717, 1.165) is 18.2 Å². The molecule has 10 heteroatoms. The second-order valence-corrected chi connectivity index (χ2v) is 5.77. The molecule has 0 unspecified atom stereocenters. The van der Waals surface area contributed by atoms with Crippen LogP contribution in [0.1, 0.15) is 16.1 Å². The van der Waals surface area contributed by atoms with E-state index in [1.165, 1.54) is 30.3 Å². The van der Waals surface area contributed by atoms with Crippen molar-refractivity contribution in [3.63, 3.8) is 0 Å². The van der Waals surface area contributed by atoms with Crippen LogP contribution in [0.4, 0.5) is 18.9 Å². The van der Waals surface area contributed by atoms with Crippen molar-refractivity contribution in [1.29, 1.82) is 0 Å². The lowest BCUT2D eigenvalue weighted by atomic mass is 10.1. The summed E-state index contributed by atoms with van der Waals surface area (Å²) in [5, 5.41) is 17.2. The maximum absolute atomic E-state index is 12.7. The van der Waals surface area contributed by atoms with Crippen LogP contribution in [0.2, 0.25) is 0 Å². The van der Waals surface area contributed by atoms with Gasteiger partial charge in [0.2, 0.25) is 5.91 Å². The summed E-state index contributed by atoms with van der Waals surface area (Å²) in [6, 6.07) is 9.72. The van der Waals surface area contributed by atoms with Gasteiger partial charge in [-0.1, -0.05) is 24.3 Å². The molecule has 0 aliphatic heterocycles. The largest absolute Gasteiger partial charge is 0.543 e. The van der Waals surface area contributed by atoms with Crippen molar-refractivity contribution in [2.24, 2.45) is 0 Å². The van der Waals surface area contributed by atoms with Crippen molar-refractivity contribution in [3.8, 4) is 0 Å². The topological polar surface area (TPSA) is 104 Å². The van der Waals surface area contributed by atoms with Gasteiger partial charge in [-0.15, -0.1) is 0 Å². The van der Waals surface area contributed by atoms with E-state index in [1.807, 2.05) is 0 Å². The summed E-state index contributed by atoms with van der Waals surface area (Å²) < 4.78 is 38.9. The van der Waals surface area contributed by atoms with Gasteiger partial charge in [-0.05, 0) is 24.3 Å². The molecule has 0 saturated heterocycles. The van der Waals surface area contributed by atoms with Crippen molar-refractivity contribution in [2.75, 3.05) is 5.32 Å². The summed E-state index contributed by atoms with van der Waals surface area (Å²) in [4.78, 5) is 35.9. The summed E-state index contributed by atoms with van der Waals surface area (Å²) in [7, 11) is 0. The average Bonchev–Trinajstić information content (AvgIpc) is 2.63. The smallest absolute Gasteiger partial charge is 0.416 e. The Morgan fingerprint density at radius 3 is 2.39 bits per heavy atom. The van der Waals surface area contributed by atoms with Gasteiger partial charge in [-0.3, -0.25) is 9.59 Å². The zero-order valence-corrected chi connectivity index (χ0v) is 14.0. The zero-order valence-electron chi connectivity index (χ0n) is 14.0. The molecule has 0 aliphatic rings. The highest BCUT2D eigenvalue weighted by Gasteiger charge is 2.30. The number of halogens is 3. The van der Waals surface area contributed by atoms with Crippen LogP contribution in [0.15, 0.2) is 53.3 Å². The van der Waals surface area contributed by atoms with E-state index in [2.05, 4.69) is 10.4 Å². The molecule has 7 nitrogen and oxygen atoms in total. The fourth-order valence-electron chi connectivity index (χ4n) is 2.60. The number of hydrogen-bond acceptors (Lipinski definition) is 5. The Balaban J connectivity index is 1.91. The highest BCUT2D eigenvalue weighted by Crippen LogP contribution is 2.30. The number of alkyl halides is 3. The molecular weight excluding hydrogens is 379 g/mol. The van der Waals surface area contributed by atoms with Crippen LogP contribution in [0.5, 0.6) is 0 Å². The van der Waals surface area contributed by atoms with E-state index in [1.54, 1.807) is 0 Å². The first-order chi connectivity index (χ1) is 13.2. The molecule has 1 aromatic heterocycles. The predicted octanol–water partition coefficient (Wildman–Crippen LogP) is 1.42. The predicted molar refractivity (Wildman–Crippen MR) is 90.4 cm³/mol. The second-order valence-electron chi connectivity index (χ2n) is 5.77. The zero-order chi connectivity index (χ0) is 20.5. The minimum atomic E-state index is -4.58. The maximum Gasteiger partial charge on any atom is 0.416 e. The summed E-state index contributed by atoms with van der Waals surface area (Å²) in [6.07, 6.45) is -4.58. The number of nitrogens with zero attached hydrogens (tertiary/aromatic N) is 2. The molecule has 3 rings (SSSR count). The molecule has 144 valence electrons. The molecule has 3 aromatic rings. The number of hydrogen-bond donors (Lipinski definition) is 1. The summed E-state index contributed by atoms with van der Waals surface area (Å²) in [6.45, 7) is -0.694. The van der Waals surface area contributed by atoms with Crippen molar-refractivity contribution < 1.29 is 27.9 Å². The summed E-state index contributed by atoms with van der Waals surface area (Å²) in [5.74, 6) is -2.49. The lowest BCUT2D eigenvalue weighted by Crippen LogP contribution is -2.34. The van der Waals surface area contributed by atoms with E-state index in [4.69, 9.17) is 0 Å². The Labute approximate surface area is 155 Å². The highest BCUT2D eigenvalue weighted by molar-refractivity contribution is 6.00. The third kappa shape index (κ3) is 3.85. The van der Waals surface area contributed by atoms with Gasteiger partial charge in [0.1, 0.15) is 12.2 Å². The molecule has 0 fully saturated rings. The Bertz CT molecular complexity index is 1140. The van der Waals surface area contributed by atoms with Gasteiger partial charge in [-0.25, -0.2) is 4.68 Å². The van der Waals surface area contributed by atoms with Gasteiger partial charge in [0.15, 0.2) is 0 Å². The molecule has 1 amide bonds. The minimum Gasteiger partial charge on any atom is -0.543 e. The molecule has 28 heavy (non-hydrogen) atoms. The van der Waals surface area contributed by atoms with Crippen LogP contribution in [0.25, 0.3) is 10.8 Å². The molecule has 0 atom stereocenters. The fraction of sp³-hybridized carbons (Fsp3) is 0.111. The number of benzene rings is 2. The number of rotatable bonds is 4. The van der Waals surface area contributed by atoms with E-state index in [9.17, 15) is 32.7 Å². The Hall–Kier alpha value is -3.69. The van der Waals surface area contributed by atoms with E-state index < -0.39 is 41.4 Å². The maximum atomic E-state index is 12.7. The molecule has 1 heterocycles. The van der Waals surface area contributed by atoms with Crippen molar-refractivity contribution in [3.05, 3.63) is 70.1 Å². The van der Waals surface area contributed by atoms with E-state index in [-0.39, 0.29) is 16.5 Å². The molecule has 0 aliphatic carbocycles. The van der Waals surface area contributed by atoms with Gasteiger partial charge in [0, 0.05) is 11.1 Å². The molecule has 0 saturated carbocycles. The molecule has 0 spiro atoms. The third-order valence-corrected chi connectivity index (χ3v) is 3.83. The van der Waals surface area contributed by atoms with Crippen molar-refractivity contribution >= 4 is 28.3 Å². The number of aromatic nitrogens is 2. The molecule has 0 radical (unpaired) electrons. The number of carboxylic acid groups (broad SMARTS) is 1. The SMILES string of the molecule is O=C(Cn1nc(C(=O)[O-])c2ccccc2c1=O)Nc1cccc(C(F)(F)F)c1. The number of fused-ring (bicyclic) bond motifs is 1. The number of anilines is 1. The number of carboxylic acids is 1. The van der Waals surface area contributed by atoms with Crippen molar-refractivity contribution in [2.45, 2.75) is 12.7 Å². The number of carbonyl (C=O) groups excluding carboxylic acids is 2. The lowest BCUT2D eigenvalue weighted by molar-refractivity contribution is -0.255. The first-order valence-corrected chi connectivity index (χ1v) is 7.85. The van der Waals surface area contributed by atoms with E-state index in [0.29, 0.717) is 4.68 Å². The monoisotopic (exact) mass is 390 g/mol.